The van der Waals surface area contributed by atoms with E-state index < -0.39 is 11.1 Å². The Hall–Kier alpha value is -7.46. The number of fused-ring (bicyclic) bond motifs is 2. The normalized spacial score (nSPS) is 12.3. The van der Waals surface area contributed by atoms with Gasteiger partial charge in [-0.2, -0.15) is 42.1 Å². The van der Waals surface area contributed by atoms with Crippen molar-refractivity contribution in [2.24, 2.45) is 0 Å². The predicted octanol–water partition coefficient (Wildman–Crippen LogP) is 6.25. The fraction of sp³-hybridized carbons (Fsp3) is 0. The van der Waals surface area contributed by atoms with Crippen molar-refractivity contribution in [3.63, 3.8) is 0 Å². The number of benzene rings is 3. The van der Waals surface area contributed by atoms with E-state index in [0.717, 1.165) is 0 Å². The molecule has 2 aliphatic carbocycles. The lowest BCUT2D eigenvalue weighted by Gasteiger charge is -2.22. The number of rotatable bonds is 2. The van der Waals surface area contributed by atoms with E-state index in [2.05, 4.69) is 12.1 Å². The summed E-state index contributed by atoms with van der Waals surface area (Å²) in [5, 5.41) is 81.2. The van der Waals surface area contributed by atoms with E-state index in [1.807, 2.05) is 36.4 Å². The molecule has 3 aromatic carbocycles. The van der Waals surface area contributed by atoms with Crippen molar-refractivity contribution < 1.29 is 0 Å². The fourth-order valence-corrected chi connectivity index (χ4v) is 5.51. The summed E-state index contributed by atoms with van der Waals surface area (Å²) in [4.78, 5) is 0. The number of hydrogen-bond acceptors (Lipinski definition) is 8. The van der Waals surface area contributed by atoms with Crippen LogP contribution in [0.2, 0.25) is 0 Å². The second-order valence-corrected chi connectivity index (χ2v) is 8.88. The second-order valence-electron chi connectivity index (χ2n) is 8.88. The molecule has 0 aliphatic heterocycles. The highest BCUT2D eigenvalue weighted by Gasteiger charge is 2.43. The van der Waals surface area contributed by atoms with Crippen LogP contribution < -0.4 is 0 Å². The third kappa shape index (κ3) is 3.47. The van der Waals surface area contributed by atoms with Gasteiger partial charge in [0.15, 0.2) is 0 Å². The zero-order valence-electron chi connectivity index (χ0n) is 21.4. The Morgan fingerprint density at radius 3 is 0.952 bits per heavy atom. The van der Waals surface area contributed by atoms with Gasteiger partial charge in [-0.15, -0.1) is 0 Å². The predicted molar refractivity (Wildman–Crippen MR) is 150 cm³/mol. The lowest BCUT2D eigenvalue weighted by Crippen LogP contribution is -2.04. The average molecular weight is 531 g/mol. The summed E-state index contributed by atoms with van der Waals surface area (Å²) in [6.45, 7) is 0. The van der Waals surface area contributed by atoms with Gasteiger partial charge in [0.1, 0.15) is 59.7 Å². The highest BCUT2D eigenvalue weighted by molar-refractivity contribution is 6.23. The first kappa shape index (κ1) is 26.2. The van der Waals surface area contributed by atoms with Crippen molar-refractivity contribution in [1.29, 1.82) is 42.1 Å². The maximum atomic E-state index is 10.4. The van der Waals surface area contributed by atoms with Crippen LogP contribution in [0.1, 0.15) is 22.3 Å². The van der Waals surface area contributed by atoms with Crippen molar-refractivity contribution >= 4 is 22.3 Å². The van der Waals surface area contributed by atoms with Gasteiger partial charge in [0.2, 0.25) is 0 Å². The van der Waals surface area contributed by atoms with Crippen LogP contribution in [0.5, 0.6) is 0 Å². The minimum absolute atomic E-state index is 0.0772. The molecule has 0 fully saturated rings. The Labute approximate surface area is 240 Å². The van der Waals surface area contributed by atoms with Gasteiger partial charge in [-0.1, -0.05) is 60.7 Å². The first-order chi connectivity index (χ1) is 20.6. The molecule has 8 nitrogen and oxygen atoms in total. The van der Waals surface area contributed by atoms with Crippen LogP contribution in [-0.4, -0.2) is 0 Å². The molecule has 0 bridgehead atoms. The van der Waals surface area contributed by atoms with Crippen molar-refractivity contribution in [1.82, 2.24) is 0 Å². The lowest BCUT2D eigenvalue weighted by atomic mass is 9.78. The molecule has 186 valence electrons. The number of hydrogen-bond donors (Lipinski definition) is 0. The van der Waals surface area contributed by atoms with Crippen LogP contribution in [0.3, 0.4) is 0 Å². The summed E-state index contributed by atoms with van der Waals surface area (Å²) in [6, 6.07) is 32.7. The van der Waals surface area contributed by atoms with Crippen LogP contribution >= 0.6 is 0 Å². The molecule has 0 saturated heterocycles. The van der Waals surface area contributed by atoms with E-state index >= 15 is 0 Å². The van der Waals surface area contributed by atoms with Gasteiger partial charge in [-0.3, -0.25) is 0 Å². The molecule has 0 atom stereocenters. The van der Waals surface area contributed by atoms with Crippen LogP contribution in [0.15, 0.2) is 83.0 Å². The van der Waals surface area contributed by atoms with Crippen LogP contribution in [0.25, 0.3) is 44.5 Å². The Bertz CT molecular complexity index is 2090. The van der Waals surface area contributed by atoms with Gasteiger partial charge in [-0.05, 0) is 16.7 Å². The molecule has 0 aromatic heterocycles. The molecule has 0 unspecified atom stereocenters. The van der Waals surface area contributed by atoms with Gasteiger partial charge >= 0.3 is 0 Å². The molecule has 0 heterocycles. The Morgan fingerprint density at radius 2 is 0.667 bits per heavy atom. The van der Waals surface area contributed by atoms with E-state index in [9.17, 15) is 42.1 Å². The highest BCUT2D eigenvalue weighted by atomic mass is 14.5. The summed E-state index contributed by atoms with van der Waals surface area (Å²) in [5.74, 6) is 0. The first-order valence-electron chi connectivity index (χ1n) is 12.1. The largest absolute Gasteiger partial charge is 0.192 e. The molecule has 3 aromatic rings. The molecule has 0 saturated carbocycles. The second kappa shape index (κ2) is 10.4. The standard InChI is InChI=1S/C34H10N8/c35-11-21(12-36)27-23(15-39)25(17-41)31-29(19-7-3-1-4-8-19)32-26(18-42)24(16-40)28(22(13-37)14-38)34(32)30(33(27)31)20-9-5-2-6-10-20/h1-10H. The van der Waals surface area contributed by atoms with Crippen LogP contribution in [-0.2, 0) is 0 Å². The van der Waals surface area contributed by atoms with Gasteiger partial charge < -0.3 is 0 Å². The average Bonchev–Trinajstić information content (AvgIpc) is 3.54. The Morgan fingerprint density at radius 1 is 0.357 bits per heavy atom. The number of nitrogens with zero attached hydrogens (tertiary/aromatic N) is 8. The number of allylic oxidation sites excluding steroid dienone is 8. The molecule has 8 heteroatoms. The third-order valence-electron chi connectivity index (χ3n) is 7.02. The molecule has 0 radical (unpaired) electrons. The van der Waals surface area contributed by atoms with Crippen molar-refractivity contribution in [2.45, 2.75) is 0 Å². The molecule has 0 N–H and O–H groups in total. The molecule has 2 aliphatic rings. The first-order valence-corrected chi connectivity index (χ1v) is 12.1. The van der Waals surface area contributed by atoms with E-state index in [-0.39, 0.29) is 61.3 Å². The zero-order valence-corrected chi connectivity index (χ0v) is 21.4. The molecular formula is C34H10N8. The summed E-state index contributed by atoms with van der Waals surface area (Å²) in [6.07, 6.45) is 0. The topological polar surface area (TPSA) is 190 Å². The van der Waals surface area contributed by atoms with Crippen LogP contribution in [0.4, 0.5) is 0 Å². The Balaban J connectivity index is 2.28. The SMILES string of the molecule is N#CC(C#N)=C1C(C#N)=C(C#N)c2c1c(-c1ccccc1)c1c(c2-c2ccccc2)C(C#N)=C(C#N)C1=C(C#N)C#N. The fourth-order valence-electron chi connectivity index (χ4n) is 5.51. The third-order valence-corrected chi connectivity index (χ3v) is 7.02. The van der Waals surface area contributed by atoms with Crippen LogP contribution in [0, 0.1) is 90.6 Å². The summed E-state index contributed by atoms with van der Waals surface area (Å²) in [7, 11) is 0. The molecule has 0 spiro atoms. The molecule has 5 rings (SSSR count). The van der Waals surface area contributed by atoms with Gasteiger partial charge in [0.25, 0.3) is 0 Å². The maximum Gasteiger partial charge on any atom is 0.138 e. The van der Waals surface area contributed by atoms with E-state index in [1.165, 1.54) is 0 Å². The van der Waals surface area contributed by atoms with E-state index in [0.29, 0.717) is 16.7 Å². The minimum Gasteiger partial charge on any atom is -0.192 e. The molecule has 42 heavy (non-hydrogen) atoms. The van der Waals surface area contributed by atoms with Gasteiger partial charge in [-0.25, -0.2) is 0 Å². The number of nitriles is 8. The highest BCUT2D eigenvalue weighted by Crippen LogP contribution is 2.59. The van der Waals surface area contributed by atoms with Crippen molar-refractivity contribution in [3.8, 4) is 70.8 Å². The summed E-state index contributed by atoms with van der Waals surface area (Å²) >= 11 is 0. The maximum absolute atomic E-state index is 10.4. The zero-order chi connectivity index (χ0) is 30.0. The molecule has 0 amide bonds. The summed E-state index contributed by atoms with van der Waals surface area (Å²) < 4.78 is 0. The van der Waals surface area contributed by atoms with E-state index in [4.69, 9.17) is 0 Å². The van der Waals surface area contributed by atoms with Gasteiger partial charge in [0.05, 0.1) is 22.3 Å². The smallest absolute Gasteiger partial charge is 0.138 e. The van der Waals surface area contributed by atoms with Gasteiger partial charge in [0, 0.05) is 39.0 Å². The Kier molecular flexibility index (Phi) is 6.45. The van der Waals surface area contributed by atoms with E-state index in [1.54, 1.807) is 60.7 Å². The lowest BCUT2D eigenvalue weighted by molar-refractivity contribution is 1.43. The van der Waals surface area contributed by atoms with Crippen molar-refractivity contribution in [3.05, 3.63) is 105 Å². The minimum atomic E-state index is -0.424. The van der Waals surface area contributed by atoms with Crippen molar-refractivity contribution in [2.75, 3.05) is 0 Å². The monoisotopic (exact) mass is 530 g/mol. The quantitative estimate of drug-likeness (QED) is 0.347. The molecular weight excluding hydrogens is 520 g/mol. The summed E-state index contributed by atoms with van der Waals surface area (Å²) in [5.41, 5.74) is 0.729.